The lowest BCUT2D eigenvalue weighted by atomic mass is 10.2. The van der Waals surface area contributed by atoms with Crippen molar-refractivity contribution in [2.75, 3.05) is 31.2 Å². The minimum Gasteiger partial charge on any atom is -0.382 e. The maximum Gasteiger partial charge on any atom is 0.280 e. The molecule has 14 heteroatoms. The van der Waals surface area contributed by atoms with Gasteiger partial charge in [0.15, 0.2) is 28.4 Å². The van der Waals surface area contributed by atoms with E-state index in [1.165, 1.54) is 0 Å². The van der Waals surface area contributed by atoms with Crippen molar-refractivity contribution in [2.24, 2.45) is 0 Å². The van der Waals surface area contributed by atoms with Crippen LogP contribution in [0.4, 0.5) is 11.6 Å². The van der Waals surface area contributed by atoms with E-state index >= 15 is 0 Å². The van der Waals surface area contributed by atoms with Gasteiger partial charge in [-0.1, -0.05) is 24.4 Å². The predicted molar refractivity (Wildman–Crippen MR) is 111 cm³/mol. The zero-order chi connectivity index (χ0) is 21.8. The number of nitrogens with two attached hydrogens (primary N) is 2. The lowest BCUT2D eigenvalue weighted by Crippen LogP contribution is -2.41. The van der Waals surface area contributed by atoms with Crippen LogP contribution in [0.25, 0.3) is 0 Å². The van der Waals surface area contributed by atoms with Gasteiger partial charge in [0.2, 0.25) is 0 Å². The number of aromatic amines is 1. The first-order valence-corrected chi connectivity index (χ1v) is 9.87. The number of hydrogen-bond acceptors (Lipinski definition) is 10. The highest BCUT2D eigenvalue weighted by molar-refractivity contribution is 6.31. The van der Waals surface area contributed by atoms with E-state index in [1.807, 2.05) is 0 Å². The predicted octanol–water partition coefficient (Wildman–Crippen LogP) is 0.271. The number of carbonyl (C=O) groups is 1. The third-order valence-corrected chi connectivity index (χ3v) is 4.25. The van der Waals surface area contributed by atoms with Gasteiger partial charge in [0.05, 0.1) is 0 Å². The van der Waals surface area contributed by atoms with Crippen molar-refractivity contribution in [3.8, 4) is 0 Å². The smallest absolute Gasteiger partial charge is 0.280 e. The van der Waals surface area contributed by atoms with Crippen molar-refractivity contribution in [1.82, 2.24) is 41.2 Å². The van der Waals surface area contributed by atoms with Crippen LogP contribution >= 0.6 is 11.6 Å². The summed E-state index contributed by atoms with van der Waals surface area (Å²) >= 11 is 5.75. The summed E-state index contributed by atoms with van der Waals surface area (Å²) in [4.78, 5) is 19.6. The molecule has 2 aromatic heterocycles. The molecule has 2 heterocycles. The molecule has 0 aliphatic rings. The second-order valence-corrected chi connectivity index (χ2v) is 6.73. The Morgan fingerprint density at radius 2 is 1.87 bits per heavy atom. The highest BCUT2D eigenvalue weighted by Crippen LogP contribution is 2.17. The van der Waals surface area contributed by atoms with Crippen LogP contribution in [0, 0.1) is 5.41 Å². The molecule has 0 unspecified atom stereocenters. The number of ether oxygens (including phenoxy) is 1. The van der Waals surface area contributed by atoms with Crippen LogP contribution in [0.2, 0.25) is 5.15 Å². The van der Waals surface area contributed by atoms with Crippen molar-refractivity contribution in [2.45, 2.75) is 38.5 Å². The van der Waals surface area contributed by atoms with Gasteiger partial charge in [-0.05, 0) is 29.7 Å². The van der Waals surface area contributed by atoms with Crippen LogP contribution in [0.1, 0.15) is 48.4 Å². The van der Waals surface area contributed by atoms with Gasteiger partial charge in [0, 0.05) is 26.2 Å². The van der Waals surface area contributed by atoms with Gasteiger partial charge in [-0.15, -0.1) is 5.10 Å². The normalized spacial score (nSPS) is 10.7. The highest BCUT2D eigenvalue weighted by atomic mass is 35.5. The molecule has 0 aliphatic carbocycles. The number of hydrogen-bond donors (Lipinski definition) is 6. The van der Waals surface area contributed by atoms with Crippen molar-refractivity contribution in [1.29, 1.82) is 5.41 Å². The topological polar surface area (TPSA) is 206 Å². The van der Waals surface area contributed by atoms with Crippen LogP contribution in [0.15, 0.2) is 0 Å². The highest BCUT2D eigenvalue weighted by Gasteiger charge is 2.16. The number of tetrazole rings is 1. The van der Waals surface area contributed by atoms with Crippen LogP contribution in [-0.4, -0.2) is 62.2 Å². The first kappa shape index (κ1) is 23.2. The lowest BCUT2D eigenvalue weighted by molar-refractivity contribution is 0.0971. The Morgan fingerprint density at radius 1 is 1.10 bits per heavy atom. The lowest BCUT2D eigenvalue weighted by Gasteiger charge is -2.10. The zero-order valence-electron chi connectivity index (χ0n) is 16.4. The SMILES string of the molecule is N=C(NCCCCCCOCCCc1nnn[nH]1)NC(=O)c1nc(Cl)c(N)nc1N. The molecule has 0 atom stereocenters. The maximum atomic E-state index is 12.1. The fraction of sp³-hybridized carbons (Fsp3) is 0.562. The van der Waals surface area contributed by atoms with Crippen LogP contribution in [0.5, 0.6) is 0 Å². The molecule has 0 saturated carbocycles. The molecule has 0 saturated heterocycles. The second-order valence-electron chi connectivity index (χ2n) is 6.37. The molecule has 0 aliphatic heterocycles. The van der Waals surface area contributed by atoms with E-state index in [-0.39, 0.29) is 28.4 Å². The Morgan fingerprint density at radius 3 is 2.63 bits per heavy atom. The minimum atomic E-state index is -0.684. The Labute approximate surface area is 178 Å². The van der Waals surface area contributed by atoms with Crippen LogP contribution < -0.4 is 22.1 Å². The summed E-state index contributed by atoms with van der Waals surface area (Å²) < 4.78 is 5.57. The monoisotopic (exact) mass is 439 g/mol. The molecule has 13 nitrogen and oxygen atoms in total. The summed E-state index contributed by atoms with van der Waals surface area (Å²) in [6, 6.07) is 0. The Balaban J connectivity index is 1.47. The van der Waals surface area contributed by atoms with Crippen LogP contribution in [0.3, 0.4) is 0 Å². The summed E-state index contributed by atoms with van der Waals surface area (Å²) in [6.07, 6.45) is 5.46. The van der Waals surface area contributed by atoms with Gasteiger partial charge >= 0.3 is 0 Å². The number of nitrogen functional groups attached to an aromatic ring is 2. The molecule has 0 spiro atoms. The number of aryl methyl sites for hydroxylation is 1. The fourth-order valence-corrected chi connectivity index (χ4v) is 2.58. The number of nitrogens with one attached hydrogen (secondary N) is 4. The molecule has 164 valence electrons. The summed E-state index contributed by atoms with van der Waals surface area (Å²) in [5, 5.41) is 26.4. The molecule has 30 heavy (non-hydrogen) atoms. The number of carbonyl (C=O) groups excluding carboxylic acids is 1. The number of guanidine groups is 1. The average molecular weight is 440 g/mol. The van der Waals surface area contributed by atoms with Gasteiger partial charge in [-0.3, -0.25) is 15.5 Å². The Hall–Kier alpha value is -3.06. The number of aromatic nitrogens is 6. The molecular formula is C16H26ClN11O2. The molecule has 0 radical (unpaired) electrons. The minimum absolute atomic E-state index is 0.0618. The van der Waals surface area contributed by atoms with Gasteiger partial charge in [0.25, 0.3) is 5.91 Å². The third-order valence-electron chi connectivity index (χ3n) is 3.97. The molecule has 0 fully saturated rings. The van der Waals surface area contributed by atoms with E-state index in [9.17, 15) is 4.79 Å². The zero-order valence-corrected chi connectivity index (χ0v) is 17.2. The van der Waals surface area contributed by atoms with Crippen LogP contribution in [-0.2, 0) is 11.2 Å². The standard InChI is InChI=1S/C16H26ClN11O2/c17-12-14(19)23-13(18)11(22-12)15(29)24-16(20)21-7-3-1-2-4-8-30-9-5-6-10-25-27-28-26-10/h1-9H2,(H4,18,19,23)(H3,20,21,24,29)(H,25,26,27,28). The molecule has 0 bridgehead atoms. The summed E-state index contributed by atoms with van der Waals surface area (Å²) in [6.45, 7) is 1.93. The van der Waals surface area contributed by atoms with Crippen molar-refractivity contribution in [3.05, 3.63) is 16.7 Å². The Kier molecular flexibility index (Phi) is 9.67. The van der Waals surface area contributed by atoms with E-state index < -0.39 is 5.91 Å². The molecular weight excluding hydrogens is 414 g/mol. The van der Waals surface area contributed by atoms with E-state index in [1.54, 1.807) is 0 Å². The maximum absolute atomic E-state index is 12.1. The number of nitrogens with zero attached hydrogens (tertiary/aromatic N) is 5. The number of amides is 1. The third kappa shape index (κ3) is 8.13. The first-order chi connectivity index (χ1) is 14.5. The van der Waals surface area contributed by atoms with Gasteiger partial charge in [-0.2, -0.15) is 0 Å². The second kappa shape index (κ2) is 12.5. The number of H-pyrrole nitrogens is 1. The van der Waals surface area contributed by atoms with Crippen molar-refractivity contribution >= 4 is 35.1 Å². The van der Waals surface area contributed by atoms with Gasteiger partial charge < -0.3 is 21.5 Å². The number of rotatable bonds is 12. The van der Waals surface area contributed by atoms with E-state index in [2.05, 4.69) is 41.2 Å². The van der Waals surface area contributed by atoms with Crippen molar-refractivity contribution < 1.29 is 9.53 Å². The summed E-state index contributed by atoms with van der Waals surface area (Å²) in [5.74, 6) is -0.287. The van der Waals surface area contributed by atoms with E-state index in [0.29, 0.717) is 19.8 Å². The van der Waals surface area contributed by atoms with Gasteiger partial charge in [0.1, 0.15) is 5.82 Å². The van der Waals surface area contributed by atoms with Gasteiger partial charge in [-0.25, -0.2) is 15.1 Å². The fourth-order valence-electron chi connectivity index (χ4n) is 2.45. The largest absolute Gasteiger partial charge is 0.382 e. The first-order valence-electron chi connectivity index (χ1n) is 9.50. The molecule has 8 N–H and O–H groups in total. The average Bonchev–Trinajstić information content (AvgIpc) is 3.22. The quantitative estimate of drug-likeness (QED) is 0.151. The summed E-state index contributed by atoms with van der Waals surface area (Å²) in [7, 11) is 0. The van der Waals surface area contributed by atoms with E-state index in [0.717, 1.165) is 44.3 Å². The number of unbranched alkanes of at least 4 members (excludes halogenated alkanes) is 3. The summed E-state index contributed by atoms with van der Waals surface area (Å²) in [5.41, 5.74) is 10.9. The number of anilines is 2. The molecule has 0 aromatic carbocycles. The molecule has 1 amide bonds. The van der Waals surface area contributed by atoms with E-state index in [4.69, 9.17) is 33.2 Å². The van der Waals surface area contributed by atoms with Crippen molar-refractivity contribution in [3.63, 3.8) is 0 Å². The number of halogens is 1. The Bertz CT molecular complexity index is 816. The molecule has 2 rings (SSSR count). The molecule has 2 aromatic rings.